The van der Waals surface area contributed by atoms with Crippen molar-refractivity contribution < 1.29 is 9.13 Å². The van der Waals surface area contributed by atoms with E-state index in [1.54, 1.807) is 19.1 Å². The summed E-state index contributed by atoms with van der Waals surface area (Å²) < 4.78 is 19.2. The Kier molecular flexibility index (Phi) is 3.95. The van der Waals surface area contributed by atoms with E-state index in [1.165, 1.54) is 6.07 Å². The highest BCUT2D eigenvalue weighted by Crippen LogP contribution is 2.21. The van der Waals surface area contributed by atoms with E-state index in [4.69, 9.17) is 10.5 Å². The van der Waals surface area contributed by atoms with Crippen LogP contribution in [0.1, 0.15) is 24.1 Å². The second-order valence-corrected chi connectivity index (χ2v) is 4.25. The third kappa shape index (κ3) is 3.08. The van der Waals surface area contributed by atoms with E-state index in [0.29, 0.717) is 17.9 Å². The fraction of sp³-hybridized carbons (Fsp3) is 0.200. The third-order valence-corrected chi connectivity index (χ3v) is 2.71. The van der Waals surface area contributed by atoms with Crippen LogP contribution < -0.4 is 10.5 Å². The molecule has 2 N–H and O–H groups in total. The molecule has 94 valence electrons. The second kappa shape index (κ2) is 5.65. The summed E-state index contributed by atoms with van der Waals surface area (Å²) >= 11 is 0. The SMILES string of the molecule is C[C@@H](N)c1ccc(OCc2ccccc2)cc1F. The van der Waals surface area contributed by atoms with Gasteiger partial charge in [0.25, 0.3) is 0 Å². The molecule has 0 unspecified atom stereocenters. The van der Waals surface area contributed by atoms with Crippen LogP contribution in [0.3, 0.4) is 0 Å². The van der Waals surface area contributed by atoms with Gasteiger partial charge in [-0.05, 0) is 18.6 Å². The predicted molar refractivity (Wildman–Crippen MR) is 69.8 cm³/mol. The molecule has 1 atom stereocenters. The Hall–Kier alpha value is -1.87. The Bertz CT molecular complexity index is 511. The number of hydrogen-bond donors (Lipinski definition) is 1. The van der Waals surface area contributed by atoms with E-state index in [-0.39, 0.29) is 11.9 Å². The summed E-state index contributed by atoms with van der Waals surface area (Å²) in [5.41, 5.74) is 7.20. The van der Waals surface area contributed by atoms with Gasteiger partial charge in [0, 0.05) is 17.7 Å². The number of ether oxygens (including phenoxy) is 1. The molecule has 18 heavy (non-hydrogen) atoms. The Labute approximate surface area is 106 Å². The topological polar surface area (TPSA) is 35.2 Å². The minimum absolute atomic E-state index is 0.312. The Morgan fingerprint density at radius 3 is 2.50 bits per heavy atom. The molecule has 0 aliphatic heterocycles. The molecule has 0 amide bonds. The summed E-state index contributed by atoms with van der Waals surface area (Å²) in [5, 5.41) is 0. The number of hydrogen-bond acceptors (Lipinski definition) is 2. The lowest BCUT2D eigenvalue weighted by atomic mass is 10.1. The minimum Gasteiger partial charge on any atom is -0.489 e. The first-order valence-corrected chi connectivity index (χ1v) is 5.88. The van der Waals surface area contributed by atoms with Gasteiger partial charge >= 0.3 is 0 Å². The summed E-state index contributed by atoms with van der Waals surface area (Å²) in [5.74, 6) is 0.191. The van der Waals surface area contributed by atoms with Crippen LogP contribution in [-0.4, -0.2) is 0 Å². The van der Waals surface area contributed by atoms with Crippen LogP contribution in [0.25, 0.3) is 0 Å². The van der Waals surface area contributed by atoms with E-state index in [0.717, 1.165) is 5.56 Å². The molecule has 0 aromatic heterocycles. The van der Waals surface area contributed by atoms with Crippen molar-refractivity contribution in [2.75, 3.05) is 0 Å². The number of nitrogens with two attached hydrogens (primary N) is 1. The lowest BCUT2D eigenvalue weighted by Crippen LogP contribution is -2.07. The zero-order valence-electron chi connectivity index (χ0n) is 10.3. The summed E-state index contributed by atoms with van der Waals surface area (Å²) in [7, 11) is 0. The van der Waals surface area contributed by atoms with Crippen molar-refractivity contribution in [3.8, 4) is 5.75 Å². The van der Waals surface area contributed by atoms with Crippen LogP contribution >= 0.6 is 0 Å². The molecule has 0 spiro atoms. The lowest BCUT2D eigenvalue weighted by Gasteiger charge is -2.10. The fourth-order valence-corrected chi connectivity index (χ4v) is 1.71. The smallest absolute Gasteiger partial charge is 0.131 e. The normalized spacial score (nSPS) is 12.2. The lowest BCUT2D eigenvalue weighted by molar-refractivity contribution is 0.304. The monoisotopic (exact) mass is 245 g/mol. The maximum absolute atomic E-state index is 13.7. The summed E-state index contributed by atoms with van der Waals surface area (Å²) in [6.45, 7) is 2.18. The van der Waals surface area contributed by atoms with Gasteiger partial charge in [-0.25, -0.2) is 4.39 Å². The van der Waals surface area contributed by atoms with Crippen molar-refractivity contribution in [2.45, 2.75) is 19.6 Å². The average Bonchev–Trinajstić information content (AvgIpc) is 2.37. The molecule has 2 aromatic carbocycles. The number of rotatable bonds is 4. The predicted octanol–water partition coefficient (Wildman–Crippen LogP) is 3.42. The summed E-state index contributed by atoms with van der Waals surface area (Å²) in [6.07, 6.45) is 0. The van der Waals surface area contributed by atoms with Gasteiger partial charge in [-0.2, -0.15) is 0 Å². The molecule has 2 rings (SSSR count). The van der Waals surface area contributed by atoms with Crippen LogP contribution in [0.2, 0.25) is 0 Å². The molecule has 0 bridgehead atoms. The maximum atomic E-state index is 13.7. The third-order valence-electron chi connectivity index (χ3n) is 2.71. The van der Waals surface area contributed by atoms with Gasteiger partial charge in [-0.1, -0.05) is 36.4 Å². The molecular weight excluding hydrogens is 229 g/mol. The second-order valence-electron chi connectivity index (χ2n) is 4.25. The average molecular weight is 245 g/mol. The van der Waals surface area contributed by atoms with E-state index in [1.807, 2.05) is 30.3 Å². The summed E-state index contributed by atoms with van der Waals surface area (Å²) in [6, 6.07) is 14.2. The molecular formula is C15H16FNO. The van der Waals surface area contributed by atoms with Crippen molar-refractivity contribution in [3.63, 3.8) is 0 Å². The van der Waals surface area contributed by atoms with Gasteiger partial charge in [-0.15, -0.1) is 0 Å². The Balaban J connectivity index is 2.05. The Morgan fingerprint density at radius 1 is 1.17 bits per heavy atom. The van der Waals surface area contributed by atoms with Crippen LogP contribution in [0.4, 0.5) is 4.39 Å². The van der Waals surface area contributed by atoms with E-state index in [2.05, 4.69) is 0 Å². The molecule has 0 fully saturated rings. The Morgan fingerprint density at radius 2 is 1.89 bits per heavy atom. The van der Waals surface area contributed by atoms with Gasteiger partial charge in [0.2, 0.25) is 0 Å². The van der Waals surface area contributed by atoms with E-state index < -0.39 is 0 Å². The molecule has 3 heteroatoms. The molecule has 2 nitrogen and oxygen atoms in total. The van der Waals surface area contributed by atoms with Crippen LogP contribution in [0.15, 0.2) is 48.5 Å². The molecule has 0 radical (unpaired) electrons. The van der Waals surface area contributed by atoms with Gasteiger partial charge in [0.1, 0.15) is 18.2 Å². The summed E-state index contributed by atoms with van der Waals surface area (Å²) in [4.78, 5) is 0. The number of halogens is 1. The van der Waals surface area contributed by atoms with Gasteiger partial charge in [-0.3, -0.25) is 0 Å². The van der Waals surface area contributed by atoms with Gasteiger partial charge in [0.15, 0.2) is 0 Å². The quantitative estimate of drug-likeness (QED) is 0.895. The van der Waals surface area contributed by atoms with E-state index in [9.17, 15) is 4.39 Å². The molecule has 0 saturated heterocycles. The van der Waals surface area contributed by atoms with Crippen molar-refractivity contribution in [2.24, 2.45) is 5.73 Å². The maximum Gasteiger partial charge on any atom is 0.131 e. The van der Waals surface area contributed by atoms with Crippen molar-refractivity contribution in [1.29, 1.82) is 0 Å². The minimum atomic E-state index is -0.324. The standard InChI is InChI=1S/C15H16FNO/c1-11(17)14-8-7-13(9-15(14)16)18-10-12-5-3-2-4-6-12/h2-9,11H,10,17H2,1H3/t11-/m1/s1. The number of benzene rings is 2. The van der Waals surface area contributed by atoms with Crippen LogP contribution in [0.5, 0.6) is 5.75 Å². The zero-order valence-corrected chi connectivity index (χ0v) is 10.3. The highest BCUT2D eigenvalue weighted by Gasteiger charge is 2.08. The van der Waals surface area contributed by atoms with Crippen LogP contribution in [0, 0.1) is 5.82 Å². The highest BCUT2D eigenvalue weighted by molar-refractivity contribution is 5.30. The van der Waals surface area contributed by atoms with Crippen molar-refractivity contribution in [1.82, 2.24) is 0 Å². The fourth-order valence-electron chi connectivity index (χ4n) is 1.71. The van der Waals surface area contributed by atoms with Crippen molar-refractivity contribution in [3.05, 3.63) is 65.5 Å². The first kappa shape index (κ1) is 12.6. The zero-order chi connectivity index (χ0) is 13.0. The first-order valence-electron chi connectivity index (χ1n) is 5.88. The highest BCUT2D eigenvalue weighted by atomic mass is 19.1. The van der Waals surface area contributed by atoms with Crippen molar-refractivity contribution >= 4 is 0 Å². The first-order chi connectivity index (χ1) is 8.66. The van der Waals surface area contributed by atoms with Crippen LogP contribution in [-0.2, 0) is 6.61 Å². The molecule has 2 aromatic rings. The molecule has 0 saturated carbocycles. The molecule has 0 heterocycles. The molecule has 0 aliphatic rings. The van der Waals surface area contributed by atoms with E-state index >= 15 is 0 Å². The largest absolute Gasteiger partial charge is 0.489 e. The van der Waals surface area contributed by atoms with Gasteiger partial charge in [0.05, 0.1) is 0 Å². The molecule has 0 aliphatic carbocycles. The van der Waals surface area contributed by atoms with Gasteiger partial charge < -0.3 is 10.5 Å².